The predicted molar refractivity (Wildman–Crippen MR) is 68.1 cm³/mol. The zero-order valence-electron chi connectivity index (χ0n) is 9.69. The zero-order chi connectivity index (χ0) is 12.8. The van der Waals surface area contributed by atoms with E-state index in [2.05, 4.69) is 10.3 Å². The molecule has 18 heavy (non-hydrogen) atoms. The molecule has 0 atom stereocenters. The maximum Gasteiger partial charge on any atom is 0.244 e. The number of nitrogens with one attached hydrogen (secondary N) is 2. The third-order valence-electron chi connectivity index (χ3n) is 2.45. The number of rotatable bonds is 4. The number of halogens is 1. The van der Waals surface area contributed by atoms with Gasteiger partial charge in [0.15, 0.2) is 0 Å². The molecule has 4 heteroatoms. The van der Waals surface area contributed by atoms with Gasteiger partial charge in [0.2, 0.25) is 5.91 Å². The lowest BCUT2D eigenvalue weighted by Gasteiger charge is -1.99. The molecular formula is C14H13FN2O. The molecule has 0 aliphatic rings. The molecule has 0 saturated carbocycles. The fraction of sp³-hybridized carbons (Fsp3) is 0.0714. The Morgan fingerprint density at radius 3 is 2.89 bits per heavy atom. The summed E-state index contributed by atoms with van der Waals surface area (Å²) in [5.74, 6) is -0.591. The van der Waals surface area contributed by atoms with Crippen LogP contribution in [0, 0.1) is 5.82 Å². The van der Waals surface area contributed by atoms with Gasteiger partial charge < -0.3 is 10.3 Å². The summed E-state index contributed by atoms with van der Waals surface area (Å²) in [6.45, 7) is 0.448. The van der Waals surface area contributed by atoms with Crippen molar-refractivity contribution in [1.29, 1.82) is 0 Å². The Morgan fingerprint density at radius 1 is 1.33 bits per heavy atom. The van der Waals surface area contributed by atoms with E-state index in [4.69, 9.17) is 0 Å². The van der Waals surface area contributed by atoms with Crippen LogP contribution >= 0.6 is 0 Å². The number of hydrogen-bond acceptors (Lipinski definition) is 1. The first-order chi connectivity index (χ1) is 8.75. The van der Waals surface area contributed by atoms with Gasteiger partial charge in [0.25, 0.3) is 0 Å². The maximum absolute atomic E-state index is 13.3. The second kappa shape index (κ2) is 5.82. The molecule has 1 amide bonds. The van der Waals surface area contributed by atoms with Crippen LogP contribution in [0.25, 0.3) is 6.08 Å². The largest absolute Gasteiger partial charge is 0.367 e. The first-order valence-electron chi connectivity index (χ1n) is 5.58. The lowest BCUT2D eigenvalue weighted by atomic mass is 10.2. The van der Waals surface area contributed by atoms with Gasteiger partial charge in [0.1, 0.15) is 5.82 Å². The Hall–Kier alpha value is -2.36. The number of amides is 1. The SMILES string of the molecule is O=C(/C=C/c1ccccc1F)NCc1cc[nH]c1. The van der Waals surface area contributed by atoms with Gasteiger partial charge in [-0.15, -0.1) is 0 Å². The van der Waals surface area contributed by atoms with Gasteiger partial charge in [-0.3, -0.25) is 4.79 Å². The van der Waals surface area contributed by atoms with E-state index in [-0.39, 0.29) is 11.7 Å². The number of carbonyl (C=O) groups excluding carboxylic acids is 1. The molecule has 0 radical (unpaired) electrons. The van der Waals surface area contributed by atoms with Crippen LogP contribution in [0.2, 0.25) is 0 Å². The van der Waals surface area contributed by atoms with E-state index < -0.39 is 0 Å². The Labute approximate surface area is 104 Å². The summed E-state index contributed by atoms with van der Waals surface area (Å²) in [6, 6.07) is 8.18. The first kappa shape index (κ1) is 12.1. The number of carbonyl (C=O) groups is 1. The molecule has 0 aliphatic heterocycles. The zero-order valence-corrected chi connectivity index (χ0v) is 9.69. The summed E-state index contributed by atoms with van der Waals surface area (Å²) < 4.78 is 13.3. The topological polar surface area (TPSA) is 44.9 Å². The molecule has 2 N–H and O–H groups in total. The normalized spacial score (nSPS) is 10.7. The van der Waals surface area contributed by atoms with Crippen LogP contribution in [-0.4, -0.2) is 10.9 Å². The molecule has 1 aromatic heterocycles. The van der Waals surface area contributed by atoms with E-state index in [9.17, 15) is 9.18 Å². The average molecular weight is 244 g/mol. The van der Waals surface area contributed by atoms with Crippen molar-refractivity contribution in [3.8, 4) is 0 Å². The van der Waals surface area contributed by atoms with Crippen LogP contribution in [0.4, 0.5) is 4.39 Å². The van der Waals surface area contributed by atoms with E-state index in [1.54, 1.807) is 30.6 Å². The number of aromatic nitrogens is 1. The van der Waals surface area contributed by atoms with Crippen molar-refractivity contribution < 1.29 is 9.18 Å². The molecule has 1 aromatic carbocycles. The van der Waals surface area contributed by atoms with Gasteiger partial charge in [-0.2, -0.15) is 0 Å². The van der Waals surface area contributed by atoms with Crippen molar-refractivity contribution in [2.45, 2.75) is 6.54 Å². The first-order valence-corrected chi connectivity index (χ1v) is 5.58. The highest BCUT2D eigenvalue weighted by Gasteiger charge is 1.99. The average Bonchev–Trinajstić information content (AvgIpc) is 2.88. The molecule has 0 saturated heterocycles. The van der Waals surface area contributed by atoms with Gasteiger partial charge in [-0.1, -0.05) is 18.2 Å². The van der Waals surface area contributed by atoms with Crippen molar-refractivity contribution in [3.63, 3.8) is 0 Å². The molecule has 2 rings (SSSR count). The van der Waals surface area contributed by atoms with Crippen molar-refractivity contribution in [3.05, 3.63) is 65.7 Å². The quantitative estimate of drug-likeness (QED) is 0.797. The van der Waals surface area contributed by atoms with E-state index in [1.807, 2.05) is 6.07 Å². The Balaban J connectivity index is 1.89. The van der Waals surface area contributed by atoms with Crippen molar-refractivity contribution in [2.24, 2.45) is 0 Å². The fourth-order valence-corrected chi connectivity index (χ4v) is 1.49. The molecular weight excluding hydrogens is 231 g/mol. The number of benzene rings is 1. The molecule has 92 valence electrons. The molecule has 0 unspecified atom stereocenters. The number of aromatic amines is 1. The van der Waals surface area contributed by atoms with Crippen LogP contribution < -0.4 is 5.32 Å². The van der Waals surface area contributed by atoms with Gasteiger partial charge in [-0.05, 0) is 23.8 Å². The predicted octanol–water partition coefficient (Wildman–Crippen LogP) is 2.48. The van der Waals surface area contributed by atoms with E-state index in [0.29, 0.717) is 12.1 Å². The fourth-order valence-electron chi connectivity index (χ4n) is 1.49. The molecule has 0 aliphatic carbocycles. The van der Waals surface area contributed by atoms with Crippen molar-refractivity contribution in [1.82, 2.24) is 10.3 Å². The van der Waals surface area contributed by atoms with Crippen LogP contribution in [-0.2, 0) is 11.3 Å². The van der Waals surface area contributed by atoms with Crippen LogP contribution in [0.15, 0.2) is 48.8 Å². The highest BCUT2D eigenvalue weighted by molar-refractivity contribution is 5.91. The summed E-state index contributed by atoms with van der Waals surface area (Å²) >= 11 is 0. The minimum atomic E-state index is -0.341. The lowest BCUT2D eigenvalue weighted by Crippen LogP contribution is -2.19. The Kier molecular flexibility index (Phi) is 3.91. The summed E-state index contributed by atoms with van der Waals surface area (Å²) in [5.41, 5.74) is 1.39. The van der Waals surface area contributed by atoms with Gasteiger partial charge in [-0.25, -0.2) is 4.39 Å². The monoisotopic (exact) mass is 244 g/mol. The van der Waals surface area contributed by atoms with Gasteiger partial charge >= 0.3 is 0 Å². The Bertz CT molecular complexity index is 547. The van der Waals surface area contributed by atoms with Gasteiger partial charge in [0.05, 0.1) is 0 Å². The highest BCUT2D eigenvalue weighted by atomic mass is 19.1. The Morgan fingerprint density at radius 2 is 2.17 bits per heavy atom. The smallest absolute Gasteiger partial charge is 0.244 e. The molecule has 3 nitrogen and oxygen atoms in total. The standard InChI is InChI=1S/C14H13FN2O/c15-13-4-2-1-3-12(13)5-6-14(18)17-10-11-7-8-16-9-11/h1-9,16H,10H2,(H,17,18)/b6-5+. The second-order valence-corrected chi connectivity index (χ2v) is 3.79. The minimum absolute atomic E-state index is 0.251. The summed E-state index contributed by atoms with van der Waals surface area (Å²) in [7, 11) is 0. The van der Waals surface area contributed by atoms with E-state index in [0.717, 1.165) is 5.56 Å². The summed E-state index contributed by atoms with van der Waals surface area (Å²) in [6.07, 6.45) is 6.38. The van der Waals surface area contributed by atoms with E-state index in [1.165, 1.54) is 18.2 Å². The van der Waals surface area contributed by atoms with Gasteiger partial charge in [0, 0.05) is 30.6 Å². The summed E-state index contributed by atoms with van der Waals surface area (Å²) in [4.78, 5) is 14.4. The van der Waals surface area contributed by atoms with Crippen molar-refractivity contribution in [2.75, 3.05) is 0 Å². The molecule has 1 heterocycles. The van der Waals surface area contributed by atoms with Crippen molar-refractivity contribution >= 4 is 12.0 Å². The molecule has 0 spiro atoms. The second-order valence-electron chi connectivity index (χ2n) is 3.79. The highest BCUT2D eigenvalue weighted by Crippen LogP contribution is 2.07. The third-order valence-corrected chi connectivity index (χ3v) is 2.45. The number of hydrogen-bond donors (Lipinski definition) is 2. The van der Waals surface area contributed by atoms with Crippen LogP contribution in [0.1, 0.15) is 11.1 Å². The maximum atomic E-state index is 13.3. The number of H-pyrrole nitrogens is 1. The van der Waals surface area contributed by atoms with E-state index >= 15 is 0 Å². The lowest BCUT2D eigenvalue weighted by molar-refractivity contribution is -0.116. The summed E-state index contributed by atoms with van der Waals surface area (Å²) in [5, 5.41) is 2.71. The molecule has 2 aromatic rings. The minimum Gasteiger partial charge on any atom is -0.367 e. The third kappa shape index (κ3) is 3.31. The molecule has 0 bridgehead atoms. The molecule has 0 fully saturated rings. The van der Waals surface area contributed by atoms with Crippen LogP contribution in [0.5, 0.6) is 0 Å². The van der Waals surface area contributed by atoms with Crippen LogP contribution in [0.3, 0.4) is 0 Å².